The lowest BCUT2D eigenvalue weighted by Crippen LogP contribution is -2.26. The number of hydrogen-bond donors (Lipinski definition) is 4. The fourth-order valence-corrected chi connectivity index (χ4v) is 2.03. The van der Waals surface area contributed by atoms with Crippen LogP contribution in [0.2, 0.25) is 5.15 Å². The number of guanidine groups is 1. The third-order valence-corrected chi connectivity index (χ3v) is 3.29. The highest BCUT2D eigenvalue weighted by Gasteiger charge is 2.17. The van der Waals surface area contributed by atoms with Gasteiger partial charge < -0.3 is 27.3 Å². The number of carbonyl (C=O) groups excluding carboxylic acids is 2. The number of ether oxygens (including phenoxy) is 1. The molecule has 0 fully saturated rings. The standard InChI is InChI=1S/C15H16ClN7O3.ClH/c16-11-9(21-12(17)10(22-11)13(24)23-14(18)19)6-20-15(25)26-7-8-4-2-1-3-5-8;/h1-5H,6-7H2,(H2,17,21)(H,20,25)(H4,18,19,23,24);1H. The SMILES string of the molecule is Cl.NC(N)=NC(=O)c1nc(Cl)c(CNC(=O)OCc2ccccc2)nc1N. The van der Waals surface area contributed by atoms with E-state index in [1.165, 1.54) is 0 Å². The Morgan fingerprint density at radius 3 is 2.48 bits per heavy atom. The molecule has 12 heteroatoms. The molecule has 144 valence electrons. The van der Waals surface area contributed by atoms with Gasteiger partial charge in [0.25, 0.3) is 0 Å². The third kappa shape index (κ3) is 6.60. The Morgan fingerprint density at radius 1 is 1.19 bits per heavy atom. The van der Waals surface area contributed by atoms with Crippen LogP contribution in [0.5, 0.6) is 0 Å². The van der Waals surface area contributed by atoms with Gasteiger partial charge in [-0.1, -0.05) is 41.9 Å². The highest BCUT2D eigenvalue weighted by atomic mass is 35.5. The van der Waals surface area contributed by atoms with Gasteiger partial charge >= 0.3 is 12.0 Å². The highest BCUT2D eigenvalue weighted by molar-refractivity contribution is 6.30. The van der Waals surface area contributed by atoms with Crippen LogP contribution in [0.15, 0.2) is 35.3 Å². The molecule has 1 aromatic carbocycles. The summed E-state index contributed by atoms with van der Waals surface area (Å²) in [6.07, 6.45) is -0.675. The Balaban J connectivity index is 0.00000364. The predicted octanol–water partition coefficient (Wildman–Crippen LogP) is 0.974. The van der Waals surface area contributed by atoms with Crippen LogP contribution in [-0.4, -0.2) is 27.9 Å². The summed E-state index contributed by atoms with van der Waals surface area (Å²) in [5.74, 6) is -1.54. The van der Waals surface area contributed by atoms with Crippen LogP contribution in [0.25, 0.3) is 0 Å². The van der Waals surface area contributed by atoms with E-state index in [-0.39, 0.29) is 47.9 Å². The van der Waals surface area contributed by atoms with Gasteiger partial charge in [-0.15, -0.1) is 12.4 Å². The summed E-state index contributed by atoms with van der Waals surface area (Å²) < 4.78 is 5.05. The monoisotopic (exact) mass is 413 g/mol. The average Bonchev–Trinajstić information content (AvgIpc) is 2.60. The summed E-state index contributed by atoms with van der Waals surface area (Å²) in [5, 5.41) is 2.33. The van der Waals surface area contributed by atoms with Crippen molar-refractivity contribution in [2.45, 2.75) is 13.2 Å². The minimum Gasteiger partial charge on any atom is -0.445 e. The molecule has 0 aliphatic rings. The van der Waals surface area contributed by atoms with E-state index in [1.54, 1.807) is 0 Å². The third-order valence-electron chi connectivity index (χ3n) is 2.99. The van der Waals surface area contributed by atoms with E-state index in [0.29, 0.717) is 0 Å². The summed E-state index contributed by atoms with van der Waals surface area (Å²) in [6.45, 7) is 0.0145. The van der Waals surface area contributed by atoms with Crippen LogP contribution in [0.4, 0.5) is 10.6 Å². The summed E-state index contributed by atoms with van der Waals surface area (Å²) in [5.41, 5.74) is 16.6. The molecule has 0 aliphatic carbocycles. The van der Waals surface area contributed by atoms with Crippen molar-refractivity contribution in [1.29, 1.82) is 0 Å². The topological polar surface area (TPSA) is 172 Å². The molecule has 2 rings (SSSR count). The first kappa shape index (κ1) is 21.9. The summed E-state index contributed by atoms with van der Waals surface area (Å²) in [6, 6.07) is 9.17. The van der Waals surface area contributed by atoms with Gasteiger partial charge in [0.2, 0.25) is 0 Å². The second-order valence-corrected chi connectivity index (χ2v) is 5.31. The van der Waals surface area contributed by atoms with Crippen molar-refractivity contribution in [2.24, 2.45) is 16.5 Å². The molecule has 0 unspecified atom stereocenters. The fraction of sp³-hybridized carbons (Fsp3) is 0.133. The number of hydrogen-bond acceptors (Lipinski definition) is 6. The second kappa shape index (κ2) is 10.1. The highest BCUT2D eigenvalue weighted by Crippen LogP contribution is 2.16. The number of nitrogens with one attached hydrogen (secondary N) is 1. The zero-order chi connectivity index (χ0) is 19.1. The van der Waals surface area contributed by atoms with E-state index in [4.69, 9.17) is 33.5 Å². The zero-order valence-corrected chi connectivity index (χ0v) is 15.5. The summed E-state index contributed by atoms with van der Waals surface area (Å²) in [7, 11) is 0. The summed E-state index contributed by atoms with van der Waals surface area (Å²) >= 11 is 5.95. The molecule has 0 atom stereocenters. The van der Waals surface area contributed by atoms with Gasteiger partial charge in [-0.3, -0.25) is 4.79 Å². The van der Waals surface area contributed by atoms with Crippen LogP contribution >= 0.6 is 24.0 Å². The normalized spacial score (nSPS) is 9.67. The van der Waals surface area contributed by atoms with Crippen LogP contribution in [0.1, 0.15) is 21.7 Å². The van der Waals surface area contributed by atoms with Gasteiger partial charge in [0.15, 0.2) is 22.6 Å². The number of alkyl carbamates (subject to hydrolysis) is 1. The van der Waals surface area contributed by atoms with Crippen molar-refractivity contribution < 1.29 is 14.3 Å². The number of rotatable bonds is 5. The summed E-state index contributed by atoms with van der Waals surface area (Å²) in [4.78, 5) is 34.5. The van der Waals surface area contributed by atoms with Gasteiger partial charge in [-0.05, 0) is 5.56 Å². The number of nitrogens with two attached hydrogens (primary N) is 3. The Labute approximate surface area is 165 Å². The Hall–Kier alpha value is -3.11. The largest absolute Gasteiger partial charge is 0.445 e. The number of halogens is 2. The van der Waals surface area contributed by atoms with Crippen molar-refractivity contribution in [2.75, 3.05) is 5.73 Å². The van der Waals surface area contributed by atoms with Crippen molar-refractivity contribution in [3.63, 3.8) is 0 Å². The van der Waals surface area contributed by atoms with E-state index in [9.17, 15) is 9.59 Å². The quantitative estimate of drug-likeness (QED) is 0.414. The number of carbonyl (C=O) groups is 2. The van der Waals surface area contributed by atoms with Gasteiger partial charge in [-0.25, -0.2) is 14.8 Å². The van der Waals surface area contributed by atoms with E-state index >= 15 is 0 Å². The lowest BCUT2D eigenvalue weighted by Gasteiger charge is -2.09. The Kier molecular flexibility index (Phi) is 8.24. The van der Waals surface area contributed by atoms with Crippen molar-refractivity contribution >= 4 is 47.8 Å². The van der Waals surface area contributed by atoms with Crippen LogP contribution in [-0.2, 0) is 17.9 Å². The minimum atomic E-state index is -0.876. The molecular formula is C15H17Cl2N7O3. The first-order chi connectivity index (χ1) is 12.4. The molecule has 7 N–H and O–H groups in total. The van der Waals surface area contributed by atoms with Crippen LogP contribution < -0.4 is 22.5 Å². The van der Waals surface area contributed by atoms with Crippen molar-refractivity contribution in [1.82, 2.24) is 15.3 Å². The zero-order valence-electron chi connectivity index (χ0n) is 13.9. The minimum absolute atomic E-state index is 0. The van der Waals surface area contributed by atoms with Crippen LogP contribution in [0.3, 0.4) is 0 Å². The first-order valence-corrected chi connectivity index (χ1v) is 7.65. The molecule has 0 radical (unpaired) electrons. The number of nitrogen functional groups attached to an aromatic ring is 1. The maximum atomic E-state index is 11.7. The number of aromatic nitrogens is 2. The van der Waals surface area contributed by atoms with Gasteiger partial charge in [0.1, 0.15) is 6.61 Å². The van der Waals surface area contributed by atoms with Gasteiger partial charge in [0.05, 0.1) is 12.2 Å². The molecule has 0 aliphatic heterocycles. The number of benzene rings is 1. The lowest BCUT2D eigenvalue weighted by atomic mass is 10.2. The Bertz CT molecular complexity index is 843. The lowest BCUT2D eigenvalue weighted by molar-refractivity contribution is 0.0998. The molecule has 0 saturated heterocycles. The van der Waals surface area contributed by atoms with E-state index < -0.39 is 18.0 Å². The van der Waals surface area contributed by atoms with Crippen molar-refractivity contribution in [3.8, 4) is 0 Å². The molecule has 1 aromatic heterocycles. The maximum absolute atomic E-state index is 11.7. The molecule has 27 heavy (non-hydrogen) atoms. The molecule has 0 spiro atoms. The number of amides is 2. The maximum Gasteiger partial charge on any atom is 0.407 e. The number of nitrogens with zero attached hydrogens (tertiary/aromatic N) is 3. The first-order valence-electron chi connectivity index (χ1n) is 7.27. The van der Waals surface area contributed by atoms with Gasteiger partial charge in [-0.2, -0.15) is 4.99 Å². The van der Waals surface area contributed by atoms with Gasteiger partial charge in [0, 0.05) is 0 Å². The molecule has 10 nitrogen and oxygen atoms in total. The van der Waals surface area contributed by atoms with E-state index in [2.05, 4.69) is 20.3 Å². The Morgan fingerprint density at radius 2 is 1.85 bits per heavy atom. The average molecular weight is 414 g/mol. The molecule has 1 heterocycles. The predicted molar refractivity (Wildman–Crippen MR) is 102 cm³/mol. The number of aliphatic imine (C=N–C) groups is 1. The molecule has 0 bridgehead atoms. The molecule has 2 amide bonds. The van der Waals surface area contributed by atoms with E-state index in [1.807, 2.05) is 30.3 Å². The van der Waals surface area contributed by atoms with E-state index in [0.717, 1.165) is 5.56 Å². The molecule has 2 aromatic rings. The number of anilines is 1. The van der Waals surface area contributed by atoms with Crippen molar-refractivity contribution in [3.05, 3.63) is 52.4 Å². The second-order valence-electron chi connectivity index (χ2n) is 4.95. The smallest absolute Gasteiger partial charge is 0.407 e. The molecular weight excluding hydrogens is 397 g/mol. The molecule has 0 saturated carbocycles. The fourth-order valence-electron chi connectivity index (χ4n) is 1.83. The van der Waals surface area contributed by atoms with Crippen LogP contribution in [0, 0.1) is 0 Å².